The predicted molar refractivity (Wildman–Crippen MR) is 129 cm³/mol. The maximum atomic E-state index is 13.1. The third-order valence-electron chi connectivity index (χ3n) is 5.87. The minimum Gasteiger partial charge on any atom is -0.481 e. The molecule has 2 aromatic heterocycles. The Morgan fingerprint density at radius 3 is 2.44 bits per heavy atom. The smallest absolute Gasteiger partial charge is 0.274 e. The normalized spacial score (nSPS) is 14.2. The molecule has 4 rings (SSSR count). The number of carbonyl (C=O) groups excluding carboxylic acids is 1. The maximum Gasteiger partial charge on any atom is 0.274 e. The fourth-order valence-electron chi connectivity index (χ4n) is 3.85. The number of aromatic nitrogens is 3. The molecule has 0 aliphatic carbocycles. The Morgan fingerprint density at radius 1 is 1.09 bits per heavy atom. The van der Waals surface area contributed by atoms with Crippen molar-refractivity contribution >= 4 is 15.9 Å². The number of sulfonamides is 1. The zero-order valence-corrected chi connectivity index (χ0v) is 20.2. The minimum atomic E-state index is -3.27. The molecule has 1 fully saturated rings. The van der Waals surface area contributed by atoms with Crippen molar-refractivity contribution in [1.82, 2.24) is 24.4 Å². The first-order valence-electron chi connectivity index (χ1n) is 11.4. The average Bonchev–Trinajstić information content (AvgIpc) is 3.33. The van der Waals surface area contributed by atoms with Gasteiger partial charge in [0.1, 0.15) is 0 Å². The van der Waals surface area contributed by atoms with Crippen molar-refractivity contribution in [2.75, 3.05) is 26.0 Å². The van der Waals surface area contributed by atoms with Crippen LogP contribution < -0.4 is 9.46 Å². The number of benzene rings is 1. The summed E-state index contributed by atoms with van der Waals surface area (Å²) in [6.07, 6.45) is 4.80. The molecule has 0 saturated carbocycles. The Balaban J connectivity index is 1.66. The standard InChI is InChI=1S/C24H29N5O4S/c1-3-34(31,32)26-16-18-7-9-19(10-8-18)22-15-21(24(30)28-13-5-4-6-14-28)27-29(22)20-11-12-23(33-2)25-17-20/h7-12,15,17,26H,3-6,13-14,16H2,1-2H3. The molecule has 0 unspecified atom stereocenters. The molecular formula is C24H29N5O4S. The number of hydrogen-bond acceptors (Lipinski definition) is 6. The monoisotopic (exact) mass is 483 g/mol. The summed E-state index contributed by atoms with van der Waals surface area (Å²) in [5.74, 6) is 0.446. The van der Waals surface area contributed by atoms with Gasteiger partial charge in [-0.25, -0.2) is 22.8 Å². The van der Waals surface area contributed by atoms with Gasteiger partial charge in [-0.15, -0.1) is 0 Å². The molecule has 3 aromatic rings. The van der Waals surface area contributed by atoms with E-state index in [0.717, 1.165) is 49.2 Å². The molecule has 0 bridgehead atoms. The highest BCUT2D eigenvalue weighted by Crippen LogP contribution is 2.26. The second-order valence-electron chi connectivity index (χ2n) is 8.16. The lowest BCUT2D eigenvalue weighted by atomic mass is 10.1. The van der Waals surface area contributed by atoms with Crippen molar-refractivity contribution in [1.29, 1.82) is 0 Å². The summed E-state index contributed by atoms with van der Waals surface area (Å²) in [4.78, 5) is 19.3. The van der Waals surface area contributed by atoms with Crippen molar-refractivity contribution in [3.8, 4) is 22.8 Å². The van der Waals surface area contributed by atoms with Gasteiger partial charge in [0.05, 0.1) is 30.4 Å². The number of rotatable bonds is 8. The van der Waals surface area contributed by atoms with Crippen LogP contribution in [-0.2, 0) is 16.6 Å². The Hall–Kier alpha value is -3.24. The number of pyridine rings is 1. The van der Waals surface area contributed by atoms with Gasteiger partial charge in [0.15, 0.2) is 5.69 Å². The van der Waals surface area contributed by atoms with E-state index >= 15 is 0 Å². The molecule has 0 radical (unpaired) electrons. The van der Waals surface area contributed by atoms with E-state index in [1.54, 1.807) is 37.0 Å². The van der Waals surface area contributed by atoms with Crippen molar-refractivity contribution in [2.45, 2.75) is 32.7 Å². The van der Waals surface area contributed by atoms with E-state index < -0.39 is 10.0 Å². The molecule has 1 aromatic carbocycles. The lowest BCUT2D eigenvalue weighted by Gasteiger charge is -2.25. The predicted octanol–water partition coefficient (Wildman–Crippen LogP) is 3.01. The van der Waals surface area contributed by atoms with E-state index in [1.165, 1.54) is 0 Å². The summed E-state index contributed by atoms with van der Waals surface area (Å²) < 4.78 is 32.9. The van der Waals surface area contributed by atoms with Crippen molar-refractivity contribution in [3.63, 3.8) is 0 Å². The lowest BCUT2D eigenvalue weighted by Crippen LogP contribution is -2.35. The van der Waals surface area contributed by atoms with Crippen molar-refractivity contribution in [3.05, 3.63) is 59.9 Å². The third-order valence-corrected chi connectivity index (χ3v) is 7.22. The molecule has 0 spiro atoms. The third kappa shape index (κ3) is 5.45. The van der Waals surface area contributed by atoms with Gasteiger partial charge in [-0.05, 0) is 43.9 Å². The number of likely N-dealkylation sites (tertiary alicyclic amines) is 1. The lowest BCUT2D eigenvalue weighted by molar-refractivity contribution is 0.0718. The number of nitrogens with zero attached hydrogens (tertiary/aromatic N) is 4. The summed E-state index contributed by atoms with van der Waals surface area (Å²) in [6.45, 7) is 3.31. The number of carbonyl (C=O) groups is 1. The fraction of sp³-hybridized carbons (Fsp3) is 0.375. The van der Waals surface area contributed by atoms with E-state index in [-0.39, 0.29) is 18.2 Å². The average molecular weight is 484 g/mol. The summed E-state index contributed by atoms with van der Waals surface area (Å²) in [5, 5.41) is 4.64. The Kier molecular flexibility index (Phi) is 7.28. The number of piperidine rings is 1. The molecule has 1 aliphatic heterocycles. The molecule has 1 amide bonds. The van der Waals surface area contributed by atoms with E-state index in [9.17, 15) is 13.2 Å². The SMILES string of the molecule is CCS(=O)(=O)NCc1ccc(-c2cc(C(=O)N3CCCCC3)nn2-c2ccc(OC)nc2)cc1. The van der Waals surface area contributed by atoms with Crippen LogP contribution in [0.1, 0.15) is 42.2 Å². The molecule has 0 atom stereocenters. The highest BCUT2D eigenvalue weighted by Gasteiger charge is 2.23. The van der Waals surface area contributed by atoms with E-state index in [1.807, 2.05) is 35.2 Å². The van der Waals surface area contributed by atoms with Crippen LogP contribution in [0.2, 0.25) is 0 Å². The molecule has 1 aliphatic rings. The molecule has 1 saturated heterocycles. The highest BCUT2D eigenvalue weighted by atomic mass is 32.2. The number of nitrogens with one attached hydrogen (secondary N) is 1. The minimum absolute atomic E-state index is 0.0357. The molecule has 10 heteroatoms. The topological polar surface area (TPSA) is 106 Å². The van der Waals surface area contributed by atoms with Crippen molar-refractivity contribution in [2.24, 2.45) is 0 Å². The first kappa shape index (κ1) is 23.9. The first-order chi connectivity index (χ1) is 16.4. The van der Waals surface area contributed by atoms with Crippen LogP contribution in [0.5, 0.6) is 5.88 Å². The molecule has 34 heavy (non-hydrogen) atoms. The van der Waals surface area contributed by atoms with Crippen LogP contribution in [-0.4, -0.2) is 59.9 Å². The Labute approximate surface area is 199 Å². The van der Waals surface area contributed by atoms with Crippen LogP contribution in [0, 0.1) is 0 Å². The van der Waals surface area contributed by atoms with Gasteiger partial charge in [-0.3, -0.25) is 4.79 Å². The van der Waals surface area contributed by atoms with E-state index in [4.69, 9.17) is 4.74 Å². The highest BCUT2D eigenvalue weighted by molar-refractivity contribution is 7.89. The molecule has 9 nitrogen and oxygen atoms in total. The quantitative estimate of drug-likeness (QED) is 0.528. The molecule has 180 valence electrons. The van der Waals surface area contributed by atoms with Crippen LogP contribution >= 0.6 is 0 Å². The van der Waals surface area contributed by atoms with Gasteiger partial charge >= 0.3 is 0 Å². The molecule has 3 heterocycles. The van der Waals surface area contributed by atoms with Gasteiger partial charge in [-0.2, -0.15) is 5.10 Å². The number of ether oxygens (including phenoxy) is 1. The summed E-state index contributed by atoms with van der Waals surface area (Å²) in [6, 6.07) is 12.9. The van der Waals surface area contributed by atoms with Gasteiger partial charge in [-0.1, -0.05) is 24.3 Å². The van der Waals surface area contributed by atoms with Crippen LogP contribution in [0.4, 0.5) is 0 Å². The van der Waals surface area contributed by atoms with Crippen LogP contribution in [0.3, 0.4) is 0 Å². The van der Waals surface area contributed by atoms with Gasteiger partial charge in [0.2, 0.25) is 15.9 Å². The number of methoxy groups -OCH3 is 1. The number of hydrogen-bond donors (Lipinski definition) is 1. The Morgan fingerprint density at radius 2 is 1.82 bits per heavy atom. The van der Waals surface area contributed by atoms with Crippen LogP contribution in [0.15, 0.2) is 48.7 Å². The van der Waals surface area contributed by atoms with Crippen LogP contribution in [0.25, 0.3) is 16.9 Å². The van der Waals surface area contributed by atoms with Crippen molar-refractivity contribution < 1.29 is 17.9 Å². The zero-order chi connectivity index (χ0) is 24.1. The van der Waals surface area contributed by atoms with Gasteiger partial charge in [0.25, 0.3) is 5.91 Å². The molecular weight excluding hydrogens is 454 g/mol. The zero-order valence-electron chi connectivity index (χ0n) is 19.4. The number of amides is 1. The molecule has 1 N–H and O–H groups in total. The first-order valence-corrected chi connectivity index (χ1v) is 13.0. The van der Waals surface area contributed by atoms with Gasteiger partial charge in [0, 0.05) is 31.3 Å². The maximum absolute atomic E-state index is 13.1. The second-order valence-corrected chi connectivity index (χ2v) is 10.3. The summed E-state index contributed by atoms with van der Waals surface area (Å²) in [5.41, 5.74) is 3.51. The van der Waals surface area contributed by atoms with E-state index in [0.29, 0.717) is 17.3 Å². The second kappa shape index (κ2) is 10.4. The summed E-state index contributed by atoms with van der Waals surface area (Å²) >= 11 is 0. The fourth-order valence-corrected chi connectivity index (χ4v) is 4.44. The summed E-state index contributed by atoms with van der Waals surface area (Å²) in [7, 11) is -1.71. The largest absolute Gasteiger partial charge is 0.481 e. The van der Waals surface area contributed by atoms with E-state index in [2.05, 4.69) is 14.8 Å². The van der Waals surface area contributed by atoms with Gasteiger partial charge < -0.3 is 9.64 Å². The Bertz CT molecular complexity index is 1230.